The maximum atomic E-state index is 13.5. The molecule has 11 heteroatoms. The molecule has 1 radical (unpaired) electrons. The number of ether oxygens (including phenoxy) is 3. The summed E-state index contributed by atoms with van der Waals surface area (Å²) in [5, 5.41) is 49.1. The number of hydrogen-bond donors (Lipinski definition) is 3. The molecule has 0 aromatic rings. The van der Waals surface area contributed by atoms with Gasteiger partial charge in [-0.1, -0.05) is 91.2 Å². The third kappa shape index (κ3) is 7.09. The molecule has 3 fully saturated rings. The highest BCUT2D eigenvalue weighted by Crippen LogP contribution is 2.77. The lowest BCUT2D eigenvalue weighted by Crippen LogP contribution is -2.66. The number of esters is 2. The first kappa shape index (κ1) is 42.0. The predicted octanol–water partition coefficient (Wildman–Crippen LogP) is 6.30. The number of hydrogen-bond acceptors (Lipinski definition) is 10. The van der Waals surface area contributed by atoms with E-state index in [-0.39, 0.29) is 12.8 Å². The summed E-state index contributed by atoms with van der Waals surface area (Å²) >= 11 is 0. The molecule has 5 rings (SSSR count). The maximum absolute atomic E-state index is 13.5. The van der Waals surface area contributed by atoms with Gasteiger partial charge >= 0.3 is 11.9 Å². The highest BCUT2D eigenvalue weighted by molar-refractivity contribution is 6.04. The number of aliphatic hydroxyl groups is 3. The molecule has 3 N–H and O–H groups in total. The Kier molecular flexibility index (Phi) is 12.2. The summed E-state index contributed by atoms with van der Waals surface area (Å²) in [6.07, 6.45) is 13.8. The molecule has 0 spiro atoms. The molecule has 299 valence electrons. The lowest BCUT2D eigenvalue weighted by atomic mass is 9.59. The topological polar surface area (TPSA) is 163 Å². The molecule has 11 nitrogen and oxygen atoms in total. The van der Waals surface area contributed by atoms with Crippen LogP contribution in [-0.4, -0.2) is 85.5 Å². The highest BCUT2D eigenvalue weighted by Gasteiger charge is 2.87. The number of ketones is 1. The van der Waals surface area contributed by atoms with Crippen LogP contribution >= 0.6 is 0 Å². The number of rotatable bonds is 17. The van der Waals surface area contributed by atoms with E-state index in [2.05, 4.69) is 6.92 Å². The van der Waals surface area contributed by atoms with Gasteiger partial charge in [-0.3, -0.25) is 14.4 Å². The largest absolute Gasteiger partial charge is 0.458 e. The molecule has 9 unspecified atom stereocenters. The lowest BCUT2D eigenvalue weighted by Gasteiger charge is -2.53. The quantitative estimate of drug-likeness (QED) is 0.0876. The molecule has 0 aromatic carbocycles. The molecule has 4 aliphatic carbocycles. The molecule has 2 saturated carbocycles. The summed E-state index contributed by atoms with van der Waals surface area (Å²) < 4.78 is 18.4. The van der Waals surface area contributed by atoms with Gasteiger partial charge in [0.15, 0.2) is 11.4 Å². The van der Waals surface area contributed by atoms with Crippen molar-refractivity contribution in [1.29, 1.82) is 0 Å². The van der Waals surface area contributed by atoms with E-state index in [0.717, 1.165) is 70.6 Å². The Morgan fingerprint density at radius 1 is 0.962 bits per heavy atom. The van der Waals surface area contributed by atoms with E-state index in [1.54, 1.807) is 26.0 Å². The fourth-order valence-corrected chi connectivity index (χ4v) is 11.0. The molecule has 1 aliphatic heterocycles. The first-order valence-electron chi connectivity index (χ1n) is 20.3. The molecule has 53 heavy (non-hydrogen) atoms. The van der Waals surface area contributed by atoms with Crippen LogP contribution in [-0.2, 0) is 33.8 Å². The van der Waals surface area contributed by atoms with Crippen molar-refractivity contribution in [2.24, 2.45) is 29.1 Å². The number of carbonyl (C=O) groups is 3. The summed E-state index contributed by atoms with van der Waals surface area (Å²) in [6.45, 7) is 14.6. The van der Waals surface area contributed by atoms with E-state index in [4.69, 9.17) is 14.2 Å². The van der Waals surface area contributed by atoms with E-state index in [1.807, 2.05) is 27.7 Å². The minimum Gasteiger partial charge on any atom is -0.458 e. The van der Waals surface area contributed by atoms with Gasteiger partial charge in [0.05, 0.1) is 24.4 Å². The van der Waals surface area contributed by atoms with Crippen LogP contribution in [0.15, 0.2) is 23.3 Å². The minimum atomic E-state index is -1.95. The predicted molar refractivity (Wildman–Crippen MR) is 197 cm³/mol. The van der Waals surface area contributed by atoms with Crippen LogP contribution < -0.4 is 0 Å². The Morgan fingerprint density at radius 2 is 1.57 bits per heavy atom. The summed E-state index contributed by atoms with van der Waals surface area (Å²) in [5.41, 5.74) is -6.01. The lowest BCUT2D eigenvalue weighted by molar-refractivity contribution is -0.295. The molecule has 1 heterocycles. The number of fused-ring (bicyclic) bond motifs is 5. The van der Waals surface area contributed by atoms with Gasteiger partial charge < -0.3 is 29.5 Å². The fourth-order valence-electron chi connectivity index (χ4n) is 11.0. The Morgan fingerprint density at radius 3 is 2.11 bits per heavy atom. The Balaban J connectivity index is 1.14. The van der Waals surface area contributed by atoms with Gasteiger partial charge in [-0.05, 0) is 57.6 Å². The zero-order valence-electron chi connectivity index (χ0n) is 33.5. The van der Waals surface area contributed by atoms with Gasteiger partial charge in [-0.15, -0.1) is 10.3 Å². The van der Waals surface area contributed by atoms with Gasteiger partial charge in [0.1, 0.15) is 17.4 Å². The van der Waals surface area contributed by atoms with Crippen LogP contribution in [0.25, 0.3) is 0 Å². The van der Waals surface area contributed by atoms with Crippen molar-refractivity contribution < 1.29 is 49.1 Å². The number of nitrogens with zero attached hydrogens (tertiary/aromatic N) is 1. The number of unbranched alkanes of at least 4 members (excludes halogenated alkanes) is 8. The van der Waals surface area contributed by atoms with E-state index < -0.39 is 87.6 Å². The molecular formula is C42H66NO10. The van der Waals surface area contributed by atoms with Gasteiger partial charge in [0, 0.05) is 48.9 Å². The normalized spacial score (nSPS) is 38.3. The number of Topliss-reactive ketones (excluding diaryl/α,β-unsaturated/α-hetero) is 1. The zero-order valence-corrected chi connectivity index (χ0v) is 33.5. The van der Waals surface area contributed by atoms with E-state index >= 15 is 0 Å². The SMILES string of the molecule is CCCC1(CCCCCCCCCCCC(=O)OC2C(C)C3(O)C(C=C(CO)CC4(O)C(=O)C(C)=CC43)C3C(C)(C)C23OC(C)=O)OCC(C)(C)N1[O]. The van der Waals surface area contributed by atoms with Gasteiger partial charge in [-0.2, -0.15) is 0 Å². The summed E-state index contributed by atoms with van der Waals surface area (Å²) in [7, 11) is 0. The summed E-state index contributed by atoms with van der Waals surface area (Å²) in [5.74, 6) is -4.47. The molecule has 0 amide bonds. The second kappa shape index (κ2) is 15.4. The van der Waals surface area contributed by atoms with Crippen molar-refractivity contribution in [3.8, 4) is 0 Å². The highest BCUT2D eigenvalue weighted by atomic mass is 16.6. The maximum Gasteiger partial charge on any atom is 0.306 e. The Hall–Kier alpha value is -2.15. The van der Waals surface area contributed by atoms with Crippen LogP contribution in [0, 0.1) is 29.1 Å². The van der Waals surface area contributed by atoms with Crippen molar-refractivity contribution in [3.63, 3.8) is 0 Å². The average molecular weight is 745 g/mol. The zero-order chi connectivity index (χ0) is 39.2. The van der Waals surface area contributed by atoms with Crippen molar-refractivity contribution in [2.45, 2.75) is 179 Å². The first-order chi connectivity index (χ1) is 24.8. The number of hydroxylamine groups is 2. The van der Waals surface area contributed by atoms with Crippen LogP contribution in [0.5, 0.6) is 0 Å². The van der Waals surface area contributed by atoms with Crippen LogP contribution in [0.2, 0.25) is 0 Å². The van der Waals surface area contributed by atoms with Crippen molar-refractivity contribution >= 4 is 17.7 Å². The van der Waals surface area contributed by atoms with E-state index in [1.165, 1.54) is 12.0 Å². The fraction of sp³-hybridized carbons (Fsp3) is 0.833. The van der Waals surface area contributed by atoms with Crippen molar-refractivity contribution in [1.82, 2.24) is 5.06 Å². The van der Waals surface area contributed by atoms with Gasteiger partial charge in [0.2, 0.25) is 0 Å². The minimum absolute atomic E-state index is 0.125. The number of carbonyl (C=O) groups excluding carboxylic acids is 3. The van der Waals surface area contributed by atoms with Crippen molar-refractivity contribution in [2.75, 3.05) is 13.2 Å². The first-order valence-corrected chi connectivity index (χ1v) is 20.3. The summed E-state index contributed by atoms with van der Waals surface area (Å²) in [6, 6.07) is 0. The van der Waals surface area contributed by atoms with Gasteiger partial charge in [-0.25, -0.2) is 0 Å². The second-order valence-corrected chi connectivity index (χ2v) is 18.2. The van der Waals surface area contributed by atoms with Crippen LogP contribution in [0.3, 0.4) is 0 Å². The van der Waals surface area contributed by atoms with Crippen LogP contribution in [0.1, 0.15) is 145 Å². The standard InChI is InChI=1S/C42H66NO10/c1-9-20-39(43(50)37(5,6)26-51-39)21-18-16-14-12-10-11-13-15-17-19-33(46)52-36-28(3)41(49)31(34-38(7,8)42(34,36)53-29(4)45)23-30(25-44)24-40(48)32(41)22-27(2)35(40)47/h22-23,28,31-32,34,36,44,48-49H,9-21,24-26H2,1-8H3. The molecule has 9 atom stereocenters. The molecule has 5 aliphatic rings. The van der Waals surface area contributed by atoms with Crippen molar-refractivity contribution in [3.05, 3.63) is 23.3 Å². The summed E-state index contributed by atoms with van der Waals surface area (Å²) in [4.78, 5) is 39.5. The molecule has 0 aromatic heterocycles. The average Bonchev–Trinajstić information content (AvgIpc) is 3.39. The smallest absolute Gasteiger partial charge is 0.306 e. The van der Waals surface area contributed by atoms with Crippen LogP contribution in [0.4, 0.5) is 0 Å². The Bertz CT molecular complexity index is 1450. The van der Waals surface area contributed by atoms with Gasteiger partial charge in [0.25, 0.3) is 0 Å². The van der Waals surface area contributed by atoms with E-state index in [9.17, 15) is 34.9 Å². The molecule has 1 saturated heterocycles. The monoisotopic (exact) mass is 744 g/mol. The third-order valence-corrected chi connectivity index (χ3v) is 13.7. The molecule has 0 bridgehead atoms. The number of aliphatic hydroxyl groups excluding tert-OH is 1. The molecular weight excluding hydrogens is 678 g/mol. The van der Waals surface area contributed by atoms with E-state index in [0.29, 0.717) is 24.2 Å². The Labute approximate surface area is 316 Å². The second-order valence-electron chi connectivity index (χ2n) is 18.2. The third-order valence-electron chi connectivity index (χ3n) is 13.7.